The first-order chi connectivity index (χ1) is 18.0. The normalized spacial score (nSPS) is 13.9. The van der Waals surface area contributed by atoms with Crippen LogP contribution in [0.25, 0.3) is 0 Å². The first kappa shape index (κ1) is 29.2. The number of likely N-dealkylation sites (tertiary alicyclic amines) is 1. The predicted octanol–water partition coefficient (Wildman–Crippen LogP) is 3.90. The average molecular weight is 545 g/mol. The molecule has 2 amide bonds. The quantitative estimate of drug-likeness (QED) is 0.247. The fraction of sp³-hybridized carbons (Fsp3) is 0.500. The maximum Gasteiger partial charge on any atom is 0.244 e. The summed E-state index contributed by atoms with van der Waals surface area (Å²) in [5.74, 6) is 2.11. The first-order valence-electron chi connectivity index (χ1n) is 13.0. The van der Waals surface area contributed by atoms with Crippen LogP contribution in [0.5, 0.6) is 5.75 Å². The van der Waals surface area contributed by atoms with Crippen molar-refractivity contribution in [3.63, 3.8) is 0 Å². The molecule has 3 rings (SSSR count). The van der Waals surface area contributed by atoms with Gasteiger partial charge in [-0.05, 0) is 76.3 Å². The van der Waals surface area contributed by atoms with Crippen molar-refractivity contribution < 1.29 is 14.3 Å². The highest BCUT2D eigenvalue weighted by Gasteiger charge is 2.12. The first-order valence-corrected chi connectivity index (χ1v) is 14.9. The smallest absolute Gasteiger partial charge is 0.244 e. The molecule has 0 atom stereocenters. The summed E-state index contributed by atoms with van der Waals surface area (Å²) in [5.41, 5.74) is 1.27. The van der Waals surface area contributed by atoms with Gasteiger partial charge in [0.1, 0.15) is 5.75 Å². The Bertz CT molecular complexity index is 1000. The van der Waals surface area contributed by atoms with Crippen LogP contribution in [-0.4, -0.2) is 74.2 Å². The summed E-state index contributed by atoms with van der Waals surface area (Å²) in [6, 6.07) is 12.6. The largest absolute Gasteiger partial charge is 0.494 e. The topological polar surface area (TPSA) is 73.9 Å². The Balaban J connectivity index is 1.20. The second kappa shape index (κ2) is 16.5. The lowest BCUT2D eigenvalue weighted by Gasteiger charge is -2.15. The number of nitrogens with one attached hydrogen (secondary N) is 2. The molecule has 202 valence electrons. The Labute approximate surface area is 229 Å². The zero-order chi connectivity index (χ0) is 26.3. The number of rotatable bonds is 16. The summed E-state index contributed by atoms with van der Waals surface area (Å²) in [4.78, 5) is 31.2. The minimum atomic E-state index is -0.275. The predicted molar refractivity (Wildman–Crippen MR) is 154 cm³/mol. The van der Waals surface area contributed by atoms with E-state index in [0.717, 1.165) is 30.3 Å². The van der Waals surface area contributed by atoms with Gasteiger partial charge in [0, 0.05) is 59.6 Å². The fourth-order valence-corrected chi connectivity index (χ4v) is 6.10. The van der Waals surface area contributed by atoms with Gasteiger partial charge in [-0.2, -0.15) is 11.8 Å². The molecule has 0 spiro atoms. The highest BCUT2D eigenvalue weighted by Crippen LogP contribution is 2.22. The van der Waals surface area contributed by atoms with Crippen molar-refractivity contribution in [3.8, 4) is 5.75 Å². The maximum atomic E-state index is 12.0. The highest BCUT2D eigenvalue weighted by molar-refractivity contribution is 7.98. The number of benzene rings is 1. The SMILES string of the molecule is CN(C)Cc1ccc(CSCCNC(=O)C=CC(=O)NCCCOc2cccc(CN3CCCC3)c2)s1. The molecule has 0 bridgehead atoms. The molecule has 1 aliphatic rings. The Morgan fingerprint density at radius 2 is 1.78 bits per heavy atom. The van der Waals surface area contributed by atoms with E-state index >= 15 is 0 Å². The van der Waals surface area contributed by atoms with Gasteiger partial charge in [0.05, 0.1) is 6.61 Å². The molecule has 0 saturated carbocycles. The summed E-state index contributed by atoms with van der Waals surface area (Å²) >= 11 is 3.63. The van der Waals surface area contributed by atoms with Gasteiger partial charge >= 0.3 is 0 Å². The van der Waals surface area contributed by atoms with E-state index in [1.807, 2.05) is 23.5 Å². The van der Waals surface area contributed by atoms with Gasteiger partial charge in [-0.3, -0.25) is 14.5 Å². The third kappa shape index (κ3) is 12.2. The standard InChI is InChI=1S/C28H40N4O3S2/c1-31(2)21-25-9-10-26(37-25)22-36-18-14-30-28(34)12-11-27(33)29-13-6-17-35-24-8-5-7-23(19-24)20-32-15-3-4-16-32/h5,7-12,19H,3-4,6,13-18,20-22H2,1-2H3,(H,29,33)(H,30,34). The number of nitrogens with zero attached hydrogens (tertiary/aromatic N) is 2. The Kier molecular flexibility index (Phi) is 13.0. The van der Waals surface area contributed by atoms with E-state index < -0.39 is 0 Å². The molecule has 9 heteroatoms. The number of hydrogen-bond acceptors (Lipinski definition) is 7. The third-order valence-corrected chi connectivity index (χ3v) is 8.02. The molecule has 37 heavy (non-hydrogen) atoms. The summed E-state index contributed by atoms with van der Waals surface area (Å²) in [7, 11) is 4.14. The molecule has 2 heterocycles. The second-order valence-corrected chi connectivity index (χ2v) is 11.8. The minimum absolute atomic E-state index is 0.253. The van der Waals surface area contributed by atoms with Crippen LogP contribution in [0.15, 0.2) is 48.6 Å². The zero-order valence-electron chi connectivity index (χ0n) is 22.0. The molecule has 1 aliphatic heterocycles. The van der Waals surface area contributed by atoms with Crippen molar-refractivity contribution in [1.82, 2.24) is 20.4 Å². The number of hydrogen-bond donors (Lipinski definition) is 2. The Morgan fingerprint density at radius 1 is 1.05 bits per heavy atom. The van der Waals surface area contributed by atoms with Crippen LogP contribution in [0.2, 0.25) is 0 Å². The van der Waals surface area contributed by atoms with Crippen molar-refractivity contribution in [2.75, 3.05) is 52.6 Å². The van der Waals surface area contributed by atoms with Crippen molar-refractivity contribution in [2.24, 2.45) is 0 Å². The van der Waals surface area contributed by atoms with Gasteiger partial charge in [-0.15, -0.1) is 11.3 Å². The van der Waals surface area contributed by atoms with E-state index in [1.165, 1.54) is 53.4 Å². The van der Waals surface area contributed by atoms with Gasteiger partial charge in [0.2, 0.25) is 11.8 Å². The van der Waals surface area contributed by atoms with Crippen LogP contribution in [0.4, 0.5) is 0 Å². The zero-order valence-corrected chi connectivity index (χ0v) is 23.7. The van der Waals surface area contributed by atoms with Crippen molar-refractivity contribution in [1.29, 1.82) is 0 Å². The monoisotopic (exact) mass is 544 g/mol. The molecular formula is C28H40N4O3S2. The molecule has 2 N–H and O–H groups in total. The number of amides is 2. The van der Waals surface area contributed by atoms with E-state index in [0.29, 0.717) is 26.1 Å². The molecule has 7 nitrogen and oxygen atoms in total. The maximum absolute atomic E-state index is 12.0. The van der Waals surface area contributed by atoms with Crippen molar-refractivity contribution in [2.45, 2.75) is 38.1 Å². The highest BCUT2D eigenvalue weighted by atomic mass is 32.2. The molecule has 0 aliphatic carbocycles. The Hall–Kier alpha value is -2.33. The molecule has 1 fully saturated rings. The average Bonchev–Trinajstić information content (AvgIpc) is 3.54. The molecule has 1 aromatic heterocycles. The molecule has 0 radical (unpaired) electrons. The van der Waals surface area contributed by atoms with E-state index in [-0.39, 0.29) is 11.8 Å². The van der Waals surface area contributed by atoms with Gasteiger partial charge in [-0.25, -0.2) is 0 Å². The number of ether oxygens (including phenoxy) is 1. The lowest BCUT2D eigenvalue weighted by molar-refractivity contribution is -0.118. The Morgan fingerprint density at radius 3 is 2.54 bits per heavy atom. The minimum Gasteiger partial charge on any atom is -0.494 e. The summed E-state index contributed by atoms with van der Waals surface area (Å²) < 4.78 is 5.84. The third-order valence-electron chi connectivity index (χ3n) is 5.76. The van der Waals surface area contributed by atoms with E-state index in [1.54, 1.807) is 11.8 Å². The second-order valence-electron chi connectivity index (χ2n) is 9.41. The number of carbonyl (C=O) groups excluding carboxylic acids is 2. The van der Waals surface area contributed by atoms with E-state index in [2.05, 4.69) is 58.8 Å². The van der Waals surface area contributed by atoms with Crippen LogP contribution in [-0.2, 0) is 28.4 Å². The molecule has 1 aromatic carbocycles. The molecular weight excluding hydrogens is 504 g/mol. The number of carbonyl (C=O) groups is 2. The van der Waals surface area contributed by atoms with E-state index in [9.17, 15) is 9.59 Å². The number of thioether (sulfide) groups is 1. The number of thiophene rings is 1. The van der Waals surface area contributed by atoms with Crippen molar-refractivity contribution >= 4 is 34.9 Å². The van der Waals surface area contributed by atoms with Crippen LogP contribution in [0, 0.1) is 0 Å². The van der Waals surface area contributed by atoms with Gasteiger partial charge in [-0.1, -0.05) is 12.1 Å². The summed E-state index contributed by atoms with van der Waals surface area (Å²) in [5, 5.41) is 5.62. The van der Waals surface area contributed by atoms with Crippen LogP contribution < -0.4 is 15.4 Å². The van der Waals surface area contributed by atoms with Gasteiger partial charge in [0.15, 0.2) is 0 Å². The molecule has 2 aromatic rings. The van der Waals surface area contributed by atoms with Gasteiger partial charge in [0.25, 0.3) is 0 Å². The van der Waals surface area contributed by atoms with Crippen LogP contribution >= 0.6 is 23.1 Å². The fourth-order valence-electron chi connectivity index (χ4n) is 3.99. The lowest BCUT2D eigenvalue weighted by Crippen LogP contribution is -2.26. The summed E-state index contributed by atoms with van der Waals surface area (Å²) in [6.07, 6.45) is 5.84. The lowest BCUT2D eigenvalue weighted by atomic mass is 10.2. The van der Waals surface area contributed by atoms with Crippen LogP contribution in [0.3, 0.4) is 0 Å². The van der Waals surface area contributed by atoms with E-state index in [4.69, 9.17) is 4.74 Å². The van der Waals surface area contributed by atoms with Gasteiger partial charge < -0.3 is 20.3 Å². The van der Waals surface area contributed by atoms with Crippen LogP contribution in [0.1, 0.15) is 34.6 Å². The molecule has 1 saturated heterocycles. The summed E-state index contributed by atoms with van der Waals surface area (Å²) in [6.45, 7) is 5.88. The molecule has 0 unspecified atom stereocenters. The van der Waals surface area contributed by atoms with Crippen molar-refractivity contribution in [3.05, 3.63) is 63.9 Å².